The quantitative estimate of drug-likeness (QED) is 0.584. The van der Waals surface area contributed by atoms with Gasteiger partial charge in [-0.05, 0) is 0 Å². The first-order valence-corrected chi connectivity index (χ1v) is 5.45. The van der Waals surface area contributed by atoms with Gasteiger partial charge in [0.2, 0.25) is 0 Å². The lowest BCUT2D eigenvalue weighted by molar-refractivity contribution is 0.839. The molecule has 0 radical (unpaired) electrons. The molecule has 0 aromatic carbocycles. The highest BCUT2D eigenvalue weighted by Crippen LogP contribution is 2.24. The molecule has 0 N–H and O–H groups in total. The van der Waals surface area contributed by atoms with E-state index >= 15 is 0 Å². The monoisotopic (exact) mass is 228 g/mol. The average Bonchev–Trinajstić information content (AvgIpc) is 2.50. The van der Waals surface area contributed by atoms with Crippen molar-refractivity contribution in [1.29, 1.82) is 0 Å². The molecule has 4 nitrogen and oxygen atoms in total. The molecule has 2 aromatic heterocycles. The fourth-order valence-corrected chi connectivity index (χ4v) is 2.22. The molecular weight excluding hydrogens is 220 g/mol. The largest absolute Gasteiger partial charge is 0.254 e. The Morgan fingerprint density at radius 1 is 1.50 bits per heavy atom. The van der Waals surface area contributed by atoms with Crippen LogP contribution in [0.4, 0.5) is 0 Å². The first-order chi connectivity index (χ1) is 6.66. The number of nitrogens with zero attached hydrogens (tertiary/aromatic N) is 4. The van der Waals surface area contributed by atoms with Gasteiger partial charge in [0.25, 0.3) is 5.78 Å². The Balaban J connectivity index is 2.55. The molecule has 0 amide bonds. The van der Waals surface area contributed by atoms with Crippen LogP contribution in [0.5, 0.6) is 0 Å². The van der Waals surface area contributed by atoms with Crippen LogP contribution < -0.4 is 0 Å². The molecule has 0 bridgehead atoms. The van der Waals surface area contributed by atoms with E-state index in [9.17, 15) is 0 Å². The molecule has 14 heavy (non-hydrogen) atoms. The number of thioether (sulfide) groups is 1. The van der Waals surface area contributed by atoms with Gasteiger partial charge in [-0.2, -0.15) is 19.6 Å². The van der Waals surface area contributed by atoms with Crippen LogP contribution in [0, 0.1) is 0 Å². The van der Waals surface area contributed by atoms with Gasteiger partial charge in [0, 0.05) is 11.3 Å². The van der Waals surface area contributed by atoms with Crippen molar-refractivity contribution in [2.45, 2.75) is 24.1 Å². The van der Waals surface area contributed by atoms with Crippen molar-refractivity contribution in [2.75, 3.05) is 0 Å². The summed E-state index contributed by atoms with van der Waals surface area (Å²) in [6.45, 7) is 4.23. The van der Waals surface area contributed by atoms with Crippen molar-refractivity contribution in [3.63, 3.8) is 0 Å². The highest BCUT2D eigenvalue weighted by molar-refractivity contribution is 7.99. The molecule has 0 aliphatic carbocycles. The molecule has 6 heteroatoms. The average molecular weight is 229 g/mol. The van der Waals surface area contributed by atoms with Crippen molar-refractivity contribution in [1.82, 2.24) is 19.6 Å². The van der Waals surface area contributed by atoms with E-state index in [-0.39, 0.29) is 0 Å². The lowest BCUT2D eigenvalue weighted by Crippen LogP contribution is -1.98. The number of aromatic nitrogens is 4. The van der Waals surface area contributed by atoms with E-state index in [2.05, 4.69) is 28.9 Å². The van der Waals surface area contributed by atoms with E-state index in [0.29, 0.717) is 16.2 Å². The van der Waals surface area contributed by atoms with Crippen molar-refractivity contribution < 1.29 is 0 Å². The second-order valence-electron chi connectivity index (χ2n) is 3.06. The van der Waals surface area contributed by atoms with Gasteiger partial charge < -0.3 is 0 Å². The van der Waals surface area contributed by atoms with Gasteiger partial charge in [0.1, 0.15) is 16.5 Å². The van der Waals surface area contributed by atoms with Crippen molar-refractivity contribution in [3.8, 4) is 0 Å². The molecule has 2 aromatic rings. The fourth-order valence-electron chi connectivity index (χ4n) is 1.08. The Labute approximate surface area is 90.7 Å². The molecule has 0 atom stereocenters. The van der Waals surface area contributed by atoms with Crippen LogP contribution in [0.15, 0.2) is 17.4 Å². The zero-order valence-corrected chi connectivity index (χ0v) is 9.38. The maximum absolute atomic E-state index is 5.86. The van der Waals surface area contributed by atoms with Gasteiger partial charge in [0.15, 0.2) is 0 Å². The topological polar surface area (TPSA) is 43.1 Å². The van der Waals surface area contributed by atoms with Crippen LogP contribution in [0.1, 0.15) is 13.8 Å². The molecule has 0 saturated heterocycles. The van der Waals surface area contributed by atoms with Crippen LogP contribution in [-0.4, -0.2) is 24.8 Å². The molecule has 2 heterocycles. The minimum Gasteiger partial charge on any atom is -0.199 e. The van der Waals surface area contributed by atoms with Crippen molar-refractivity contribution >= 4 is 29.1 Å². The molecule has 0 aliphatic heterocycles. The summed E-state index contributed by atoms with van der Waals surface area (Å²) in [5.74, 6) is 0.542. The third kappa shape index (κ3) is 1.83. The van der Waals surface area contributed by atoms with Gasteiger partial charge >= 0.3 is 0 Å². The summed E-state index contributed by atoms with van der Waals surface area (Å²) in [6, 6.07) is 1.80. The standard InChI is InChI=1S/C8H9ClN4S/c1-5(2)14-7-3-6(9)12-8-10-4-11-13(7)8/h3-5H,1-2H3. The molecule has 0 aliphatic rings. The van der Waals surface area contributed by atoms with E-state index < -0.39 is 0 Å². The minimum absolute atomic E-state index is 0.452. The third-order valence-corrected chi connectivity index (χ3v) is 2.74. The maximum atomic E-state index is 5.86. The summed E-state index contributed by atoms with van der Waals surface area (Å²) in [5, 5.41) is 5.97. The lowest BCUT2D eigenvalue weighted by atomic mass is 10.6. The van der Waals surface area contributed by atoms with Gasteiger partial charge in [-0.25, -0.2) is 0 Å². The molecule has 0 fully saturated rings. The van der Waals surface area contributed by atoms with Crippen LogP contribution in [0.25, 0.3) is 5.78 Å². The van der Waals surface area contributed by atoms with Crippen molar-refractivity contribution in [2.24, 2.45) is 0 Å². The highest BCUT2D eigenvalue weighted by Gasteiger charge is 2.08. The van der Waals surface area contributed by atoms with E-state index in [1.807, 2.05) is 0 Å². The summed E-state index contributed by atoms with van der Waals surface area (Å²) in [5.41, 5.74) is 0. The molecule has 0 saturated carbocycles. The maximum Gasteiger partial charge on any atom is 0.254 e. The van der Waals surface area contributed by atoms with Gasteiger partial charge in [-0.1, -0.05) is 25.4 Å². The second kappa shape index (κ2) is 3.74. The first kappa shape index (κ1) is 9.73. The van der Waals surface area contributed by atoms with Crippen LogP contribution in [0.2, 0.25) is 5.15 Å². The number of hydrogen-bond acceptors (Lipinski definition) is 4. The Morgan fingerprint density at radius 3 is 3.00 bits per heavy atom. The Bertz CT molecular complexity index is 454. The zero-order valence-electron chi connectivity index (χ0n) is 7.81. The van der Waals surface area contributed by atoms with Gasteiger partial charge in [0.05, 0.1) is 0 Å². The fraction of sp³-hybridized carbons (Fsp3) is 0.375. The predicted octanol–water partition coefficient (Wildman–Crippen LogP) is 2.28. The highest BCUT2D eigenvalue weighted by atomic mass is 35.5. The van der Waals surface area contributed by atoms with E-state index in [4.69, 9.17) is 11.6 Å². The Morgan fingerprint density at radius 2 is 2.29 bits per heavy atom. The summed E-state index contributed by atoms with van der Waals surface area (Å²) < 4.78 is 1.69. The number of fused-ring (bicyclic) bond motifs is 1. The number of rotatable bonds is 2. The summed E-state index contributed by atoms with van der Waals surface area (Å²) in [7, 11) is 0. The Kier molecular flexibility index (Phi) is 2.60. The van der Waals surface area contributed by atoms with Crippen LogP contribution in [0.3, 0.4) is 0 Å². The van der Waals surface area contributed by atoms with E-state index in [1.54, 1.807) is 22.3 Å². The molecular formula is C8H9ClN4S. The summed E-state index contributed by atoms with van der Waals surface area (Å²) in [4.78, 5) is 8.04. The van der Waals surface area contributed by atoms with E-state index in [1.165, 1.54) is 6.33 Å². The normalized spacial score (nSPS) is 11.4. The molecule has 2 rings (SSSR count). The lowest BCUT2D eigenvalue weighted by Gasteiger charge is -2.05. The second-order valence-corrected chi connectivity index (χ2v) is 5.04. The first-order valence-electron chi connectivity index (χ1n) is 4.20. The zero-order chi connectivity index (χ0) is 10.1. The van der Waals surface area contributed by atoms with Crippen LogP contribution in [-0.2, 0) is 0 Å². The molecule has 0 unspecified atom stereocenters. The van der Waals surface area contributed by atoms with Crippen molar-refractivity contribution in [3.05, 3.63) is 17.5 Å². The number of hydrogen-bond donors (Lipinski definition) is 0. The smallest absolute Gasteiger partial charge is 0.199 e. The third-order valence-electron chi connectivity index (χ3n) is 1.54. The van der Waals surface area contributed by atoms with Gasteiger partial charge in [-0.3, -0.25) is 0 Å². The molecule has 0 spiro atoms. The summed E-state index contributed by atoms with van der Waals surface area (Å²) in [6.07, 6.45) is 1.48. The molecule has 74 valence electrons. The minimum atomic E-state index is 0.452. The van der Waals surface area contributed by atoms with Gasteiger partial charge in [-0.15, -0.1) is 11.8 Å². The summed E-state index contributed by atoms with van der Waals surface area (Å²) >= 11 is 7.54. The SMILES string of the molecule is CC(C)Sc1cc(Cl)nc2ncnn12. The Hall–Kier alpha value is -0.810. The number of halogens is 1. The van der Waals surface area contributed by atoms with E-state index in [0.717, 1.165) is 5.03 Å². The van der Waals surface area contributed by atoms with Crippen LogP contribution >= 0.6 is 23.4 Å². The predicted molar refractivity (Wildman–Crippen MR) is 56.8 cm³/mol.